The zero-order chi connectivity index (χ0) is 12.3. The first kappa shape index (κ1) is 13.5. The lowest BCUT2D eigenvalue weighted by molar-refractivity contribution is -0.120. The number of halogens is 2. The van der Waals surface area contributed by atoms with Crippen LogP contribution in [0.3, 0.4) is 0 Å². The van der Waals surface area contributed by atoms with E-state index in [1.807, 2.05) is 19.9 Å². The van der Waals surface area contributed by atoms with Crippen molar-refractivity contribution < 1.29 is 4.79 Å². The van der Waals surface area contributed by atoms with Crippen molar-refractivity contribution in [1.82, 2.24) is 5.32 Å². The lowest BCUT2D eigenvalue weighted by Gasteiger charge is -2.18. The summed E-state index contributed by atoms with van der Waals surface area (Å²) in [4.78, 5) is 11.3. The average molecular weight is 306 g/mol. The van der Waals surface area contributed by atoms with E-state index in [-0.39, 0.29) is 6.04 Å². The van der Waals surface area contributed by atoms with Gasteiger partial charge in [-0.3, -0.25) is 10.1 Å². The van der Waals surface area contributed by atoms with Crippen LogP contribution in [0, 0.1) is 0 Å². The molecule has 0 aromatic heterocycles. The minimum absolute atomic E-state index is 0.167. The molecule has 5 heteroatoms. The number of hydrogen-bond donors (Lipinski definition) is 2. The summed E-state index contributed by atoms with van der Waals surface area (Å²) >= 11 is 9.27. The number of primary amides is 1. The molecule has 0 saturated carbocycles. The Hall–Kier alpha value is -0.580. The number of carbonyl (C=O) groups excluding carboxylic acids is 1. The molecule has 0 aliphatic heterocycles. The highest BCUT2D eigenvalue weighted by Crippen LogP contribution is 2.26. The van der Waals surface area contributed by atoms with Gasteiger partial charge in [-0.2, -0.15) is 0 Å². The number of benzene rings is 1. The number of amides is 1. The van der Waals surface area contributed by atoms with Gasteiger partial charge in [0.15, 0.2) is 0 Å². The first-order valence-electron chi connectivity index (χ1n) is 4.92. The van der Waals surface area contributed by atoms with Crippen LogP contribution in [-0.4, -0.2) is 11.9 Å². The van der Waals surface area contributed by atoms with Crippen LogP contribution in [0.4, 0.5) is 0 Å². The largest absolute Gasteiger partial charge is 0.368 e. The van der Waals surface area contributed by atoms with E-state index in [1.165, 1.54) is 0 Å². The maximum Gasteiger partial charge on any atom is 0.239 e. The number of rotatable bonds is 4. The molecule has 16 heavy (non-hydrogen) atoms. The summed E-state index contributed by atoms with van der Waals surface area (Å²) in [5.74, 6) is -0.410. The van der Waals surface area contributed by atoms with Crippen LogP contribution in [0.2, 0.25) is 5.02 Å². The second-order valence-electron chi connectivity index (χ2n) is 3.83. The Kier molecular flexibility index (Phi) is 4.77. The summed E-state index contributed by atoms with van der Waals surface area (Å²) < 4.78 is 0.797. The topological polar surface area (TPSA) is 55.1 Å². The van der Waals surface area contributed by atoms with Crippen LogP contribution in [0.1, 0.15) is 25.5 Å². The molecule has 0 radical (unpaired) electrons. The maximum absolute atomic E-state index is 11.3. The van der Waals surface area contributed by atoms with Gasteiger partial charge in [0, 0.05) is 10.5 Å². The molecule has 1 aromatic carbocycles. The molecule has 0 saturated heterocycles. The van der Waals surface area contributed by atoms with Gasteiger partial charge in [-0.25, -0.2) is 0 Å². The van der Waals surface area contributed by atoms with E-state index in [9.17, 15) is 4.79 Å². The number of nitrogens with two attached hydrogens (primary N) is 1. The Balaban J connectivity index is 3.01. The van der Waals surface area contributed by atoms with Crippen molar-refractivity contribution in [2.75, 3.05) is 0 Å². The van der Waals surface area contributed by atoms with E-state index in [0.717, 1.165) is 10.0 Å². The Bertz CT molecular complexity index is 396. The van der Waals surface area contributed by atoms with Gasteiger partial charge < -0.3 is 5.73 Å². The van der Waals surface area contributed by atoms with Gasteiger partial charge in [0.05, 0.1) is 5.02 Å². The highest BCUT2D eigenvalue weighted by atomic mass is 79.9. The van der Waals surface area contributed by atoms with E-state index in [1.54, 1.807) is 12.1 Å². The molecule has 88 valence electrons. The number of carbonyl (C=O) groups is 1. The minimum Gasteiger partial charge on any atom is -0.368 e. The highest BCUT2D eigenvalue weighted by molar-refractivity contribution is 9.10. The lowest BCUT2D eigenvalue weighted by atomic mass is 10.1. The van der Waals surface area contributed by atoms with Gasteiger partial charge in [0.25, 0.3) is 0 Å². The second-order valence-corrected chi connectivity index (χ2v) is 5.09. The summed E-state index contributed by atoms with van der Waals surface area (Å²) in [6.45, 7) is 3.91. The molecule has 0 bridgehead atoms. The maximum atomic E-state index is 11.3. The van der Waals surface area contributed by atoms with Crippen LogP contribution in [0.5, 0.6) is 0 Å². The summed E-state index contributed by atoms with van der Waals surface area (Å²) in [5, 5.41) is 3.66. The summed E-state index contributed by atoms with van der Waals surface area (Å²) in [5.41, 5.74) is 6.12. The minimum atomic E-state index is -0.509. The molecule has 1 aromatic rings. The van der Waals surface area contributed by atoms with Crippen LogP contribution >= 0.6 is 27.5 Å². The van der Waals surface area contributed by atoms with Gasteiger partial charge >= 0.3 is 0 Å². The molecule has 0 fully saturated rings. The van der Waals surface area contributed by atoms with E-state index >= 15 is 0 Å². The molecular formula is C11H14BrClN2O. The molecule has 3 nitrogen and oxygen atoms in total. The van der Waals surface area contributed by atoms with E-state index in [2.05, 4.69) is 21.2 Å². The zero-order valence-electron chi connectivity index (χ0n) is 9.13. The fraction of sp³-hybridized carbons (Fsp3) is 0.364. The van der Waals surface area contributed by atoms with Crippen molar-refractivity contribution in [2.24, 2.45) is 5.73 Å². The van der Waals surface area contributed by atoms with Crippen molar-refractivity contribution >= 4 is 33.4 Å². The molecule has 1 amide bonds. The smallest absolute Gasteiger partial charge is 0.239 e. The predicted molar refractivity (Wildman–Crippen MR) is 69.4 cm³/mol. The van der Waals surface area contributed by atoms with Crippen LogP contribution < -0.4 is 11.1 Å². The van der Waals surface area contributed by atoms with Crippen LogP contribution in [0.15, 0.2) is 22.7 Å². The summed E-state index contributed by atoms with van der Waals surface area (Å²) in [7, 11) is 0. The molecule has 1 atom stereocenters. The Labute approximate surface area is 108 Å². The third kappa shape index (κ3) is 3.47. The van der Waals surface area contributed by atoms with E-state index in [0.29, 0.717) is 5.02 Å². The monoisotopic (exact) mass is 304 g/mol. The molecule has 0 aliphatic carbocycles. The molecule has 0 spiro atoms. The normalized spacial score (nSPS) is 12.8. The number of nitrogens with one attached hydrogen (secondary N) is 1. The van der Waals surface area contributed by atoms with Gasteiger partial charge in [0.1, 0.15) is 6.04 Å². The fourth-order valence-corrected chi connectivity index (χ4v) is 1.80. The Morgan fingerprint density at radius 2 is 2.12 bits per heavy atom. The summed E-state index contributed by atoms with van der Waals surface area (Å²) in [6, 6.07) is 5.01. The third-order valence-electron chi connectivity index (χ3n) is 2.06. The zero-order valence-corrected chi connectivity index (χ0v) is 11.5. The molecular weight excluding hydrogens is 291 g/mol. The first-order valence-corrected chi connectivity index (χ1v) is 6.09. The molecule has 0 aliphatic rings. The molecule has 0 heterocycles. The van der Waals surface area contributed by atoms with Crippen molar-refractivity contribution in [3.05, 3.63) is 33.3 Å². The SMILES string of the molecule is CC(C)NC(C(N)=O)c1ccc(Br)c(Cl)c1. The quantitative estimate of drug-likeness (QED) is 0.898. The highest BCUT2D eigenvalue weighted by Gasteiger charge is 2.18. The Morgan fingerprint density at radius 1 is 1.50 bits per heavy atom. The van der Waals surface area contributed by atoms with Gasteiger partial charge in [-0.05, 0) is 47.5 Å². The molecule has 1 unspecified atom stereocenters. The van der Waals surface area contributed by atoms with Crippen molar-refractivity contribution in [1.29, 1.82) is 0 Å². The standard InChI is InChI=1S/C11H14BrClN2O/c1-6(2)15-10(11(14)16)7-3-4-8(12)9(13)5-7/h3-6,10,15H,1-2H3,(H2,14,16). The Morgan fingerprint density at radius 3 is 2.56 bits per heavy atom. The predicted octanol–water partition coefficient (Wildman–Crippen LogP) is 2.63. The van der Waals surface area contributed by atoms with E-state index < -0.39 is 11.9 Å². The van der Waals surface area contributed by atoms with Crippen LogP contribution in [0.25, 0.3) is 0 Å². The van der Waals surface area contributed by atoms with E-state index in [4.69, 9.17) is 17.3 Å². The van der Waals surface area contributed by atoms with Crippen molar-refractivity contribution in [2.45, 2.75) is 25.9 Å². The average Bonchev–Trinajstić information content (AvgIpc) is 2.18. The van der Waals surface area contributed by atoms with Gasteiger partial charge in [-0.15, -0.1) is 0 Å². The van der Waals surface area contributed by atoms with Gasteiger partial charge in [-0.1, -0.05) is 17.7 Å². The molecule has 1 rings (SSSR count). The number of hydrogen-bond acceptors (Lipinski definition) is 2. The van der Waals surface area contributed by atoms with Crippen molar-refractivity contribution in [3.8, 4) is 0 Å². The van der Waals surface area contributed by atoms with Crippen molar-refractivity contribution in [3.63, 3.8) is 0 Å². The van der Waals surface area contributed by atoms with Gasteiger partial charge in [0.2, 0.25) is 5.91 Å². The summed E-state index contributed by atoms with van der Waals surface area (Å²) in [6.07, 6.45) is 0. The first-order chi connectivity index (χ1) is 7.41. The fourth-order valence-electron chi connectivity index (χ4n) is 1.37. The second kappa shape index (κ2) is 5.66. The van der Waals surface area contributed by atoms with Crippen LogP contribution in [-0.2, 0) is 4.79 Å². The lowest BCUT2D eigenvalue weighted by Crippen LogP contribution is -2.37. The molecule has 3 N–H and O–H groups in total. The third-order valence-corrected chi connectivity index (χ3v) is 3.29.